The number of hydrogen-bond donors (Lipinski definition) is 2. The van der Waals surface area contributed by atoms with Crippen LogP contribution in [0.3, 0.4) is 0 Å². The number of halogens is 1. The molecule has 2 N–H and O–H groups in total. The van der Waals surface area contributed by atoms with E-state index in [0.717, 1.165) is 6.54 Å². The molecule has 0 spiro atoms. The van der Waals surface area contributed by atoms with Crippen LogP contribution in [0.15, 0.2) is 24.3 Å². The third kappa shape index (κ3) is 3.07. The van der Waals surface area contributed by atoms with Crippen molar-refractivity contribution in [3.05, 3.63) is 35.6 Å². The molecule has 2 unspecified atom stereocenters. The van der Waals surface area contributed by atoms with Gasteiger partial charge in [-0.25, -0.2) is 4.39 Å². The molecule has 0 saturated carbocycles. The van der Waals surface area contributed by atoms with E-state index in [1.807, 2.05) is 0 Å². The van der Waals surface area contributed by atoms with Gasteiger partial charge in [0.2, 0.25) is 0 Å². The van der Waals surface area contributed by atoms with Gasteiger partial charge in [0.15, 0.2) is 0 Å². The van der Waals surface area contributed by atoms with E-state index in [9.17, 15) is 9.18 Å². The Kier molecular flexibility index (Phi) is 4.31. The Morgan fingerprint density at radius 2 is 2.28 bits per heavy atom. The number of carbonyl (C=O) groups excluding carboxylic acids is 1. The summed E-state index contributed by atoms with van der Waals surface area (Å²) in [5.41, 5.74) is 0.112. The van der Waals surface area contributed by atoms with Gasteiger partial charge in [0.05, 0.1) is 5.56 Å². The first-order valence-electron chi connectivity index (χ1n) is 6.44. The topological polar surface area (TPSA) is 41.1 Å². The van der Waals surface area contributed by atoms with Gasteiger partial charge < -0.3 is 10.6 Å². The van der Waals surface area contributed by atoms with Gasteiger partial charge >= 0.3 is 0 Å². The van der Waals surface area contributed by atoms with Crippen LogP contribution in [0.25, 0.3) is 0 Å². The quantitative estimate of drug-likeness (QED) is 0.861. The summed E-state index contributed by atoms with van der Waals surface area (Å²) in [5, 5.41) is 6.18. The first-order chi connectivity index (χ1) is 8.68. The molecule has 98 valence electrons. The number of carbonyl (C=O) groups is 1. The fraction of sp³-hybridized carbons (Fsp3) is 0.500. The van der Waals surface area contributed by atoms with E-state index < -0.39 is 5.82 Å². The SMILES string of the molecule is CC1CCCNC1CNC(=O)c1ccccc1F. The van der Waals surface area contributed by atoms with E-state index in [-0.39, 0.29) is 17.5 Å². The van der Waals surface area contributed by atoms with Crippen molar-refractivity contribution in [3.63, 3.8) is 0 Å². The van der Waals surface area contributed by atoms with Gasteiger partial charge in [-0.05, 0) is 37.4 Å². The summed E-state index contributed by atoms with van der Waals surface area (Å²) in [6.07, 6.45) is 2.35. The van der Waals surface area contributed by atoms with Crippen molar-refractivity contribution in [2.45, 2.75) is 25.8 Å². The Hall–Kier alpha value is -1.42. The summed E-state index contributed by atoms with van der Waals surface area (Å²) in [6.45, 7) is 3.71. The number of hydrogen-bond acceptors (Lipinski definition) is 2. The molecule has 4 heteroatoms. The van der Waals surface area contributed by atoms with Crippen LogP contribution in [0.4, 0.5) is 4.39 Å². The normalized spacial score (nSPS) is 23.7. The molecule has 1 aromatic carbocycles. The maximum Gasteiger partial charge on any atom is 0.254 e. The lowest BCUT2D eigenvalue weighted by atomic mass is 9.93. The molecule has 0 aliphatic carbocycles. The van der Waals surface area contributed by atoms with Crippen LogP contribution < -0.4 is 10.6 Å². The standard InChI is InChI=1S/C14H19FN2O/c1-10-5-4-8-16-13(10)9-17-14(18)11-6-2-3-7-12(11)15/h2-3,6-7,10,13,16H,4-5,8-9H2,1H3,(H,17,18). The third-order valence-corrected chi connectivity index (χ3v) is 3.53. The second-order valence-electron chi connectivity index (χ2n) is 4.87. The Balaban J connectivity index is 1.90. The summed E-state index contributed by atoms with van der Waals surface area (Å²) < 4.78 is 13.4. The van der Waals surface area contributed by atoms with Crippen LogP contribution in [0.2, 0.25) is 0 Å². The number of rotatable bonds is 3. The molecule has 18 heavy (non-hydrogen) atoms. The lowest BCUT2D eigenvalue weighted by Crippen LogP contribution is -2.47. The molecule has 1 saturated heterocycles. The molecule has 1 fully saturated rings. The van der Waals surface area contributed by atoms with Crippen molar-refractivity contribution < 1.29 is 9.18 Å². The Morgan fingerprint density at radius 3 is 3.00 bits per heavy atom. The number of benzene rings is 1. The van der Waals surface area contributed by atoms with E-state index in [2.05, 4.69) is 17.6 Å². The van der Waals surface area contributed by atoms with Crippen molar-refractivity contribution in [3.8, 4) is 0 Å². The third-order valence-electron chi connectivity index (χ3n) is 3.53. The zero-order valence-electron chi connectivity index (χ0n) is 10.6. The van der Waals surface area contributed by atoms with Gasteiger partial charge in [-0.1, -0.05) is 19.1 Å². The Morgan fingerprint density at radius 1 is 1.50 bits per heavy atom. The molecule has 0 bridgehead atoms. The smallest absolute Gasteiger partial charge is 0.254 e. The molecule has 0 aromatic heterocycles. The molecule has 1 aliphatic heterocycles. The van der Waals surface area contributed by atoms with E-state index in [0.29, 0.717) is 12.5 Å². The first kappa shape index (κ1) is 13.0. The van der Waals surface area contributed by atoms with Gasteiger partial charge in [0.25, 0.3) is 5.91 Å². The molecule has 1 aromatic rings. The van der Waals surface area contributed by atoms with Crippen molar-refractivity contribution in [1.29, 1.82) is 0 Å². The van der Waals surface area contributed by atoms with Crippen molar-refractivity contribution in [1.82, 2.24) is 10.6 Å². The van der Waals surface area contributed by atoms with Gasteiger partial charge in [-0.15, -0.1) is 0 Å². The zero-order chi connectivity index (χ0) is 13.0. The number of amides is 1. The number of piperidine rings is 1. The summed E-state index contributed by atoms with van der Waals surface area (Å²) in [6, 6.07) is 6.34. The lowest BCUT2D eigenvalue weighted by Gasteiger charge is -2.30. The molecular weight excluding hydrogens is 231 g/mol. The average molecular weight is 250 g/mol. The van der Waals surface area contributed by atoms with E-state index >= 15 is 0 Å². The summed E-state index contributed by atoms with van der Waals surface area (Å²) in [7, 11) is 0. The average Bonchev–Trinajstić information content (AvgIpc) is 2.38. The minimum Gasteiger partial charge on any atom is -0.350 e. The van der Waals surface area contributed by atoms with Gasteiger partial charge in [0, 0.05) is 12.6 Å². The number of nitrogens with one attached hydrogen (secondary N) is 2. The van der Waals surface area contributed by atoms with E-state index in [1.165, 1.54) is 25.0 Å². The first-order valence-corrected chi connectivity index (χ1v) is 6.44. The maximum atomic E-state index is 13.4. The highest BCUT2D eigenvalue weighted by Gasteiger charge is 2.21. The van der Waals surface area contributed by atoms with Crippen molar-refractivity contribution in [2.75, 3.05) is 13.1 Å². The molecule has 2 atom stereocenters. The van der Waals surface area contributed by atoms with Gasteiger partial charge in [-0.2, -0.15) is 0 Å². The second kappa shape index (κ2) is 5.96. The van der Waals surface area contributed by atoms with Gasteiger partial charge in [0.1, 0.15) is 5.82 Å². The molecule has 2 rings (SSSR count). The summed E-state index contributed by atoms with van der Waals surface area (Å²) in [4.78, 5) is 11.8. The highest BCUT2D eigenvalue weighted by molar-refractivity contribution is 5.94. The predicted molar refractivity (Wildman–Crippen MR) is 68.9 cm³/mol. The van der Waals surface area contributed by atoms with E-state index in [4.69, 9.17) is 0 Å². The van der Waals surface area contributed by atoms with Gasteiger partial charge in [-0.3, -0.25) is 4.79 Å². The van der Waals surface area contributed by atoms with Crippen molar-refractivity contribution in [2.24, 2.45) is 5.92 Å². The van der Waals surface area contributed by atoms with Crippen LogP contribution in [0.1, 0.15) is 30.1 Å². The molecule has 1 amide bonds. The van der Waals surface area contributed by atoms with Crippen LogP contribution in [0, 0.1) is 11.7 Å². The highest BCUT2D eigenvalue weighted by atomic mass is 19.1. The van der Waals surface area contributed by atoms with Crippen LogP contribution in [0.5, 0.6) is 0 Å². The molecule has 1 aliphatic rings. The molecule has 0 radical (unpaired) electrons. The fourth-order valence-electron chi connectivity index (χ4n) is 2.33. The Bertz CT molecular complexity index is 422. The fourth-order valence-corrected chi connectivity index (χ4v) is 2.33. The van der Waals surface area contributed by atoms with Crippen LogP contribution >= 0.6 is 0 Å². The van der Waals surface area contributed by atoms with Crippen LogP contribution in [-0.4, -0.2) is 25.0 Å². The summed E-state index contributed by atoms with van der Waals surface area (Å²) >= 11 is 0. The second-order valence-corrected chi connectivity index (χ2v) is 4.87. The zero-order valence-corrected chi connectivity index (χ0v) is 10.6. The lowest BCUT2D eigenvalue weighted by molar-refractivity contribution is 0.0939. The Labute approximate surface area is 107 Å². The van der Waals surface area contributed by atoms with Crippen LogP contribution in [-0.2, 0) is 0 Å². The molecule has 1 heterocycles. The summed E-state index contributed by atoms with van der Waals surface area (Å²) in [5.74, 6) is -0.271. The molecular formula is C14H19FN2O. The monoisotopic (exact) mass is 250 g/mol. The minimum absolute atomic E-state index is 0.112. The maximum absolute atomic E-state index is 13.4. The largest absolute Gasteiger partial charge is 0.350 e. The van der Waals surface area contributed by atoms with E-state index in [1.54, 1.807) is 12.1 Å². The minimum atomic E-state index is -0.473. The predicted octanol–water partition coefficient (Wildman–Crippen LogP) is 1.94. The highest BCUT2D eigenvalue weighted by Crippen LogP contribution is 2.15. The van der Waals surface area contributed by atoms with Crippen molar-refractivity contribution >= 4 is 5.91 Å². The molecule has 3 nitrogen and oxygen atoms in total.